The molecule has 0 aromatic heterocycles. The number of aromatic hydroxyl groups is 2. The zero-order chi connectivity index (χ0) is 10.9. The van der Waals surface area contributed by atoms with Crippen molar-refractivity contribution >= 4 is 11.6 Å². The molecule has 1 rings (SSSR count). The Balaban J connectivity index is 3.31. The third kappa shape index (κ3) is 1.56. The number of carbonyl (C=O) groups is 2. The Labute approximate surface area is 78.6 Å². The molecule has 2 N–H and O–H groups in total. The van der Waals surface area contributed by atoms with E-state index in [1.165, 1.54) is 0 Å². The molecule has 0 saturated heterocycles. The molecule has 14 heavy (non-hydrogen) atoms. The van der Waals surface area contributed by atoms with Crippen LogP contribution in [0.1, 0.15) is 17.3 Å². The fourth-order valence-corrected chi connectivity index (χ4v) is 0.919. The minimum atomic E-state index is -1.29. The van der Waals surface area contributed by atoms with Gasteiger partial charge in [0.2, 0.25) is 5.78 Å². The van der Waals surface area contributed by atoms with Crippen LogP contribution in [0.3, 0.4) is 0 Å². The first-order valence-electron chi connectivity index (χ1n) is 3.71. The van der Waals surface area contributed by atoms with Crippen LogP contribution in [0, 0.1) is 5.82 Å². The second kappa shape index (κ2) is 3.45. The molecule has 1 aromatic carbocycles. The highest BCUT2D eigenvalue weighted by molar-refractivity contribution is 6.43. The Morgan fingerprint density at radius 2 is 1.86 bits per heavy atom. The van der Waals surface area contributed by atoms with Crippen LogP contribution < -0.4 is 0 Å². The minimum absolute atomic E-state index is 0.548. The van der Waals surface area contributed by atoms with Crippen LogP contribution in [0.2, 0.25) is 0 Å². The van der Waals surface area contributed by atoms with Gasteiger partial charge in [0.05, 0.1) is 5.56 Å². The van der Waals surface area contributed by atoms with Gasteiger partial charge in [-0.2, -0.15) is 0 Å². The molecule has 4 nitrogen and oxygen atoms in total. The summed E-state index contributed by atoms with van der Waals surface area (Å²) in [5.74, 6) is -4.88. The SMILES string of the molecule is CC(=O)C(=O)c1ccc(O)c(O)c1F. The van der Waals surface area contributed by atoms with Gasteiger partial charge in [0.1, 0.15) is 0 Å². The molecule has 5 heteroatoms. The summed E-state index contributed by atoms with van der Waals surface area (Å²) in [5, 5.41) is 17.8. The second-order valence-corrected chi connectivity index (χ2v) is 2.68. The molecule has 0 aliphatic heterocycles. The van der Waals surface area contributed by atoms with Crippen molar-refractivity contribution < 1.29 is 24.2 Å². The highest BCUT2D eigenvalue weighted by atomic mass is 19.1. The molecule has 0 saturated carbocycles. The molecule has 74 valence electrons. The van der Waals surface area contributed by atoms with Gasteiger partial charge in [0.15, 0.2) is 23.1 Å². The number of hydrogen-bond acceptors (Lipinski definition) is 4. The van der Waals surface area contributed by atoms with Crippen molar-refractivity contribution in [3.63, 3.8) is 0 Å². The summed E-state index contributed by atoms with van der Waals surface area (Å²) in [6.07, 6.45) is 0. The van der Waals surface area contributed by atoms with E-state index in [4.69, 9.17) is 10.2 Å². The molecular weight excluding hydrogens is 191 g/mol. The number of phenolic OH excluding ortho intramolecular Hbond substituents is 2. The Morgan fingerprint density at radius 3 is 2.36 bits per heavy atom. The molecule has 1 aromatic rings. The zero-order valence-corrected chi connectivity index (χ0v) is 7.24. The molecule has 0 aliphatic rings. The van der Waals surface area contributed by atoms with Crippen molar-refractivity contribution in [1.29, 1.82) is 0 Å². The fraction of sp³-hybridized carbons (Fsp3) is 0.111. The van der Waals surface area contributed by atoms with Gasteiger partial charge < -0.3 is 10.2 Å². The summed E-state index contributed by atoms with van der Waals surface area (Å²) in [7, 11) is 0. The van der Waals surface area contributed by atoms with Gasteiger partial charge in [-0.15, -0.1) is 0 Å². The molecule has 0 radical (unpaired) electrons. The lowest BCUT2D eigenvalue weighted by atomic mass is 10.1. The van der Waals surface area contributed by atoms with E-state index in [0.29, 0.717) is 0 Å². The molecular formula is C9H7FO4. The molecule has 0 bridgehead atoms. The van der Waals surface area contributed by atoms with Crippen molar-refractivity contribution in [2.24, 2.45) is 0 Å². The number of halogens is 1. The Morgan fingerprint density at radius 1 is 1.29 bits per heavy atom. The average Bonchev–Trinajstić information content (AvgIpc) is 2.13. The smallest absolute Gasteiger partial charge is 0.231 e. The van der Waals surface area contributed by atoms with Gasteiger partial charge in [0, 0.05) is 6.92 Å². The van der Waals surface area contributed by atoms with E-state index in [2.05, 4.69) is 0 Å². The average molecular weight is 198 g/mol. The molecule has 0 unspecified atom stereocenters. The number of phenols is 2. The van der Waals surface area contributed by atoms with Crippen LogP contribution in [0.25, 0.3) is 0 Å². The van der Waals surface area contributed by atoms with Gasteiger partial charge in [-0.3, -0.25) is 9.59 Å². The van der Waals surface area contributed by atoms with Crippen LogP contribution in [0.4, 0.5) is 4.39 Å². The van der Waals surface area contributed by atoms with E-state index in [-0.39, 0.29) is 0 Å². The minimum Gasteiger partial charge on any atom is -0.504 e. The molecule has 0 atom stereocenters. The van der Waals surface area contributed by atoms with Gasteiger partial charge in [-0.25, -0.2) is 4.39 Å². The summed E-state index contributed by atoms with van der Waals surface area (Å²) in [4.78, 5) is 21.7. The monoisotopic (exact) mass is 198 g/mol. The lowest BCUT2D eigenvalue weighted by Crippen LogP contribution is -2.11. The second-order valence-electron chi connectivity index (χ2n) is 2.68. The van der Waals surface area contributed by atoms with E-state index in [0.717, 1.165) is 19.1 Å². The van der Waals surface area contributed by atoms with Crippen LogP contribution in [0.5, 0.6) is 11.5 Å². The third-order valence-electron chi connectivity index (χ3n) is 1.66. The summed E-state index contributed by atoms with van der Waals surface area (Å²) in [5.41, 5.74) is -0.548. The quantitative estimate of drug-likeness (QED) is 0.422. The molecule has 0 heterocycles. The van der Waals surface area contributed by atoms with Crippen LogP contribution in [0.15, 0.2) is 12.1 Å². The Hall–Kier alpha value is -1.91. The first kappa shape index (κ1) is 10.2. The van der Waals surface area contributed by atoms with Crippen LogP contribution in [-0.2, 0) is 4.79 Å². The van der Waals surface area contributed by atoms with Crippen molar-refractivity contribution in [3.8, 4) is 11.5 Å². The number of ketones is 2. The summed E-state index contributed by atoms with van der Waals surface area (Å²) < 4.78 is 13.1. The number of hydrogen-bond donors (Lipinski definition) is 2. The molecule has 0 amide bonds. The number of carbonyl (C=O) groups excluding carboxylic acids is 2. The highest BCUT2D eigenvalue weighted by Gasteiger charge is 2.20. The lowest BCUT2D eigenvalue weighted by molar-refractivity contribution is -0.113. The molecule has 0 fully saturated rings. The lowest BCUT2D eigenvalue weighted by Gasteiger charge is -2.02. The third-order valence-corrected chi connectivity index (χ3v) is 1.66. The maximum absolute atomic E-state index is 13.1. The summed E-state index contributed by atoms with van der Waals surface area (Å²) in [6.45, 7) is 0.992. The van der Waals surface area contributed by atoms with Crippen molar-refractivity contribution in [2.45, 2.75) is 6.92 Å². The number of rotatable bonds is 2. The number of benzene rings is 1. The van der Waals surface area contributed by atoms with Gasteiger partial charge in [-0.05, 0) is 12.1 Å². The van der Waals surface area contributed by atoms with E-state index in [9.17, 15) is 14.0 Å². The van der Waals surface area contributed by atoms with Crippen molar-refractivity contribution in [2.75, 3.05) is 0 Å². The van der Waals surface area contributed by atoms with E-state index in [1.54, 1.807) is 0 Å². The predicted octanol–water partition coefficient (Wildman–Crippen LogP) is 1.01. The van der Waals surface area contributed by atoms with Gasteiger partial charge in [0.25, 0.3) is 0 Å². The van der Waals surface area contributed by atoms with Crippen LogP contribution >= 0.6 is 0 Å². The zero-order valence-electron chi connectivity index (χ0n) is 7.24. The van der Waals surface area contributed by atoms with Gasteiger partial charge in [-0.1, -0.05) is 0 Å². The summed E-state index contributed by atoms with van der Waals surface area (Å²) >= 11 is 0. The maximum atomic E-state index is 13.1. The first-order chi connectivity index (χ1) is 6.45. The standard InChI is InChI=1S/C9H7FO4/c1-4(11)8(13)5-2-3-6(12)9(14)7(5)10/h2-3,12,14H,1H3. The van der Waals surface area contributed by atoms with Crippen LogP contribution in [-0.4, -0.2) is 21.8 Å². The largest absolute Gasteiger partial charge is 0.504 e. The van der Waals surface area contributed by atoms with E-state index < -0.39 is 34.4 Å². The van der Waals surface area contributed by atoms with Crippen molar-refractivity contribution in [3.05, 3.63) is 23.5 Å². The van der Waals surface area contributed by atoms with E-state index >= 15 is 0 Å². The molecule has 0 aliphatic carbocycles. The topological polar surface area (TPSA) is 74.6 Å². The normalized spacial score (nSPS) is 9.86. The van der Waals surface area contributed by atoms with Crippen molar-refractivity contribution in [1.82, 2.24) is 0 Å². The Bertz CT molecular complexity index is 412. The predicted molar refractivity (Wildman–Crippen MR) is 44.7 cm³/mol. The maximum Gasteiger partial charge on any atom is 0.231 e. The fourth-order valence-electron chi connectivity index (χ4n) is 0.919. The Kier molecular flexibility index (Phi) is 2.51. The molecule has 0 spiro atoms. The first-order valence-corrected chi connectivity index (χ1v) is 3.71. The number of Topliss-reactive ketones (excluding diaryl/α,β-unsaturated/α-hetero) is 2. The van der Waals surface area contributed by atoms with E-state index in [1.807, 2.05) is 0 Å². The van der Waals surface area contributed by atoms with Gasteiger partial charge >= 0.3 is 0 Å². The summed E-state index contributed by atoms with van der Waals surface area (Å²) in [6, 6.07) is 1.88. The highest BCUT2D eigenvalue weighted by Crippen LogP contribution is 2.29.